The van der Waals surface area contributed by atoms with Gasteiger partial charge >= 0.3 is 11.9 Å². The number of carbonyl (C=O) groups is 2. The van der Waals surface area contributed by atoms with Gasteiger partial charge in [-0.2, -0.15) is 0 Å². The molecule has 5 heteroatoms. The third-order valence-corrected chi connectivity index (χ3v) is 4.57. The van der Waals surface area contributed by atoms with Crippen molar-refractivity contribution in [3.05, 3.63) is 97.1 Å². The molecule has 148 valence electrons. The fourth-order valence-electron chi connectivity index (χ4n) is 3.05. The summed E-state index contributed by atoms with van der Waals surface area (Å²) in [5.41, 5.74) is 0.448. The zero-order valence-electron chi connectivity index (χ0n) is 16.0. The number of benzene rings is 4. The second-order valence-electron chi connectivity index (χ2n) is 6.55. The lowest BCUT2D eigenvalue weighted by molar-refractivity contribution is -0.144. The van der Waals surface area contributed by atoms with Gasteiger partial charge in [0.25, 0.3) is 0 Å². The summed E-state index contributed by atoms with van der Waals surface area (Å²) in [5, 5.41) is 3.83. The van der Waals surface area contributed by atoms with Gasteiger partial charge in [-0.05, 0) is 57.9 Å². The number of rotatable bonds is 6. The molecule has 0 aliphatic heterocycles. The van der Waals surface area contributed by atoms with Crippen molar-refractivity contribution in [2.24, 2.45) is 0 Å². The summed E-state index contributed by atoms with van der Waals surface area (Å²) in [7, 11) is 0. The molecule has 0 fully saturated rings. The van der Waals surface area contributed by atoms with Crippen molar-refractivity contribution in [3.63, 3.8) is 0 Å². The van der Waals surface area contributed by atoms with Crippen molar-refractivity contribution >= 4 is 33.5 Å². The van der Waals surface area contributed by atoms with Crippen LogP contribution in [0.15, 0.2) is 91.5 Å². The molecule has 4 aromatic carbocycles. The molecular formula is C25H18O5. The molecule has 0 spiro atoms. The van der Waals surface area contributed by atoms with E-state index in [2.05, 4.69) is 6.58 Å². The first-order chi connectivity index (χ1) is 14.6. The van der Waals surface area contributed by atoms with Gasteiger partial charge in [-0.15, -0.1) is 0 Å². The Morgan fingerprint density at radius 2 is 1.40 bits per heavy atom. The van der Waals surface area contributed by atoms with E-state index in [1.54, 1.807) is 30.3 Å². The molecule has 0 saturated carbocycles. The Kier molecular flexibility index (Phi) is 5.44. The third kappa shape index (κ3) is 4.31. The van der Waals surface area contributed by atoms with Crippen molar-refractivity contribution < 1.29 is 23.8 Å². The van der Waals surface area contributed by atoms with Crippen molar-refractivity contribution in [1.82, 2.24) is 0 Å². The first-order valence-electron chi connectivity index (χ1n) is 9.29. The Hall–Kier alpha value is -4.12. The molecule has 0 aromatic heterocycles. The fraction of sp³-hybridized carbons (Fsp3) is 0.0400. The number of esters is 2. The van der Waals surface area contributed by atoms with E-state index >= 15 is 0 Å². The summed E-state index contributed by atoms with van der Waals surface area (Å²) in [6, 6.07) is 24.1. The Morgan fingerprint density at radius 1 is 0.767 bits per heavy atom. The zero-order valence-corrected chi connectivity index (χ0v) is 16.0. The minimum atomic E-state index is -0.551. The highest BCUT2D eigenvalue weighted by Gasteiger charge is 2.10. The van der Waals surface area contributed by atoms with Gasteiger partial charge in [0.2, 0.25) is 6.79 Å². The highest BCUT2D eigenvalue weighted by molar-refractivity contribution is 5.97. The van der Waals surface area contributed by atoms with Crippen LogP contribution in [0.5, 0.6) is 11.5 Å². The maximum absolute atomic E-state index is 12.6. The summed E-state index contributed by atoms with van der Waals surface area (Å²) in [5.74, 6) is 0.0664. The monoisotopic (exact) mass is 398 g/mol. The van der Waals surface area contributed by atoms with E-state index < -0.39 is 11.9 Å². The number of fused-ring (bicyclic) bond motifs is 2. The van der Waals surface area contributed by atoms with Crippen LogP contribution in [-0.4, -0.2) is 18.7 Å². The van der Waals surface area contributed by atoms with Gasteiger partial charge in [0.05, 0.1) is 5.56 Å². The Bertz CT molecular complexity index is 1260. The molecule has 0 unspecified atom stereocenters. The number of carbonyl (C=O) groups excluding carboxylic acids is 2. The first-order valence-corrected chi connectivity index (χ1v) is 9.29. The first kappa shape index (κ1) is 19.2. The fourth-order valence-corrected chi connectivity index (χ4v) is 3.05. The molecule has 4 aromatic rings. The van der Waals surface area contributed by atoms with E-state index in [9.17, 15) is 9.59 Å². The number of hydrogen-bond acceptors (Lipinski definition) is 5. The van der Waals surface area contributed by atoms with Gasteiger partial charge in [-0.25, -0.2) is 9.59 Å². The average molecular weight is 398 g/mol. The van der Waals surface area contributed by atoms with Gasteiger partial charge in [0.1, 0.15) is 11.5 Å². The van der Waals surface area contributed by atoms with Gasteiger partial charge in [0.15, 0.2) is 0 Å². The molecule has 0 aliphatic carbocycles. The Balaban J connectivity index is 1.48. The average Bonchev–Trinajstić information content (AvgIpc) is 2.78. The lowest BCUT2D eigenvalue weighted by Gasteiger charge is -2.09. The number of hydrogen-bond donors (Lipinski definition) is 0. The molecule has 0 atom stereocenters. The van der Waals surface area contributed by atoms with E-state index in [-0.39, 0.29) is 6.79 Å². The molecule has 30 heavy (non-hydrogen) atoms. The number of ether oxygens (including phenoxy) is 3. The topological polar surface area (TPSA) is 61.8 Å². The van der Waals surface area contributed by atoms with Crippen LogP contribution in [0.3, 0.4) is 0 Å². The molecule has 0 heterocycles. The quantitative estimate of drug-likeness (QED) is 0.191. The minimum absolute atomic E-state index is 0.202. The lowest BCUT2D eigenvalue weighted by atomic mass is 10.1. The Morgan fingerprint density at radius 3 is 2.23 bits per heavy atom. The van der Waals surface area contributed by atoms with Crippen LogP contribution >= 0.6 is 0 Å². The molecule has 4 rings (SSSR count). The van der Waals surface area contributed by atoms with Gasteiger partial charge < -0.3 is 14.2 Å². The van der Waals surface area contributed by atoms with Gasteiger partial charge in [0, 0.05) is 6.08 Å². The molecule has 0 aliphatic rings. The van der Waals surface area contributed by atoms with Crippen molar-refractivity contribution in [2.75, 3.05) is 6.79 Å². The van der Waals surface area contributed by atoms with Crippen molar-refractivity contribution in [3.8, 4) is 11.5 Å². The lowest BCUT2D eigenvalue weighted by Crippen LogP contribution is -2.08. The smallest absolute Gasteiger partial charge is 0.343 e. The maximum atomic E-state index is 12.6. The van der Waals surface area contributed by atoms with Crippen LogP contribution in [0, 0.1) is 0 Å². The molecule has 0 N–H and O–H groups in total. The predicted molar refractivity (Wildman–Crippen MR) is 115 cm³/mol. The summed E-state index contributed by atoms with van der Waals surface area (Å²) >= 11 is 0. The third-order valence-electron chi connectivity index (χ3n) is 4.57. The summed E-state index contributed by atoms with van der Waals surface area (Å²) in [6.07, 6.45) is 1.07. The molecular weight excluding hydrogens is 380 g/mol. The molecule has 0 radical (unpaired) electrons. The van der Waals surface area contributed by atoms with E-state index in [0.717, 1.165) is 27.6 Å². The second kappa shape index (κ2) is 8.49. The zero-order chi connectivity index (χ0) is 20.9. The highest BCUT2D eigenvalue weighted by Crippen LogP contribution is 2.24. The van der Waals surface area contributed by atoms with Crippen molar-refractivity contribution in [1.29, 1.82) is 0 Å². The SMILES string of the molecule is C=CC(=O)OCOc1ccc2cc(C(=O)Oc3ccc4ccccc4c3)ccc2c1. The second-order valence-corrected chi connectivity index (χ2v) is 6.55. The van der Waals surface area contributed by atoms with Crippen LogP contribution in [0.25, 0.3) is 21.5 Å². The highest BCUT2D eigenvalue weighted by atomic mass is 16.7. The van der Waals surface area contributed by atoms with Gasteiger partial charge in [-0.1, -0.05) is 49.0 Å². The van der Waals surface area contributed by atoms with E-state index in [0.29, 0.717) is 17.1 Å². The van der Waals surface area contributed by atoms with Crippen LogP contribution < -0.4 is 9.47 Å². The maximum Gasteiger partial charge on any atom is 0.343 e. The molecule has 0 saturated heterocycles. The van der Waals surface area contributed by atoms with Gasteiger partial charge in [-0.3, -0.25) is 0 Å². The Labute approximate surface area is 173 Å². The van der Waals surface area contributed by atoms with E-state index in [1.807, 2.05) is 48.5 Å². The summed E-state index contributed by atoms with van der Waals surface area (Å²) in [4.78, 5) is 23.6. The minimum Gasteiger partial charge on any atom is -0.457 e. The molecule has 5 nitrogen and oxygen atoms in total. The van der Waals surface area contributed by atoms with Crippen LogP contribution in [0.1, 0.15) is 10.4 Å². The van der Waals surface area contributed by atoms with E-state index in [4.69, 9.17) is 14.2 Å². The standard InChI is InChI=1S/C25H18O5/c1-2-24(26)29-16-28-22-11-10-19-13-21(8-7-20(19)14-22)25(27)30-23-12-9-17-5-3-4-6-18(17)15-23/h2-15H,1,16H2. The molecule has 0 bridgehead atoms. The van der Waals surface area contributed by atoms with Crippen molar-refractivity contribution in [2.45, 2.75) is 0 Å². The van der Waals surface area contributed by atoms with E-state index in [1.165, 1.54) is 0 Å². The normalized spacial score (nSPS) is 10.5. The van der Waals surface area contributed by atoms with Crippen LogP contribution in [-0.2, 0) is 9.53 Å². The van der Waals surface area contributed by atoms with Crippen LogP contribution in [0.4, 0.5) is 0 Å². The largest absolute Gasteiger partial charge is 0.457 e. The predicted octanol–water partition coefficient (Wildman–Crippen LogP) is 5.28. The van der Waals surface area contributed by atoms with Crippen LogP contribution in [0.2, 0.25) is 0 Å². The molecule has 0 amide bonds. The summed E-state index contributed by atoms with van der Waals surface area (Å²) in [6.45, 7) is 3.12. The summed E-state index contributed by atoms with van der Waals surface area (Å²) < 4.78 is 15.7.